The van der Waals surface area contributed by atoms with Gasteiger partial charge in [-0.05, 0) is 31.7 Å². The number of rotatable bonds is 7. The summed E-state index contributed by atoms with van der Waals surface area (Å²) < 4.78 is 0. The van der Waals surface area contributed by atoms with Gasteiger partial charge in [0.1, 0.15) is 6.61 Å². The second-order valence-corrected chi connectivity index (χ2v) is 6.73. The first-order valence-electron chi connectivity index (χ1n) is 8.04. The van der Waals surface area contributed by atoms with Crippen LogP contribution in [-0.4, -0.2) is 65.0 Å². The van der Waals surface area contributed by atoms with Crippen molar-refractivity contribution in [1.29, 1.82) is 0 Å². The largest absolute Gasteiger partial charge is 0.387 e. The van der Waals surface area contributed by atoms with E-state index in [1.165, 1.54) is 4.88 Å². The number of amides is 2. The lowest BCUT2D eigenvalue weighted by Gasteiger charge is -2.28. The molecule has 6 nitrogen and oxygen atoms in total. The molecule has 0 spiro atoms. The third kappa shape index (κ3) is 4.53. The van der Waals surface area contributed by atoms with Crippen LogP contribution >= 0.6 is 11.3 Å². The lowest BCUT2D eigenvalue weighted by Crippen LogP contribution is -2.45. The normalized spacial score (nSPS) is 21.3. The summed E-state index contributed by atoms with van der Waals surface area (Å²) in [6.45, 7) is 6.15. The highest BCUT2D eigenvalue weighted by Gasteiger charge is 2.38. The Bertz CT molecular complexity index is 517. The molecule has 1 aliphatic rings. The lowest BCUT2D eigenvalue weighted by atomic mass is 10.1. The first kappa shape index (κ1) is 17.9. The predicted octanol–water partition coefficient (Wildman–Crippen LogP) is 0.668. The zero-order valence-corrected chi connectivity index (χ0v) is 14.5. The van der Waals surface area contributed by atoms with Gasteiger partial charge in [0.05, 0.1) is 6.04 Å². The molecule has 2 amide bonds. The fourth-order valence-corrected chi connectivity index (χ4v) is 3.79. The lowest BCUT2D eigenvalue weighted by molar-refractivity contribution is -0.135. The number of nitrogens with one attached hydrogen (secondary N) is 1. The average molecular weight is 339 g/mol. The number of carbonyl (C=O) groups excluding carboxylic acids is 2. The predicted molar refractivity (Wildman–Crippen MR) is 90.1 cm³/mol. The molecule has 2 heterocycles. The highest BCUT2D eigenvalue weighted by atomic mass is 32.1. The topological polar surface area (TPSA) is 72.9 Å². The minimum Gasteiger partial charge on any atom is -0.387 e. The maximum atomic E-state index is 12.8. The number of aliphatic hydroxyl groups excluding tert-OH is 1. The SMILES string of the molecule is CCN(CC)C(=O)[C@@H]1C[C@@H](NC(=O)CO)CN1Cc1cccs1. The van der Waals surface area contributed by atoms with Gasteiger partial charge in [0, 0.05) is 37.1 Å². The Morgan fingerprint density at radius 3 is 2.74 bits per heavy atom. The summed E-state index contributed by atoms with van der Waals surface area (Å²) in [6.07, 6.45) is 0.590. The van der Waals surface area contributed by atoms with Gasteiger partial charge >= 0.3 is 0 Å². The van der Waals surface area contributed by atoms with Gasteiger partial charge < -0.3 is 15.3 Å². The van der Waals surface area contributed by atoms with E-state index in [1.54, 1.807) is 11.3 Å². The molecule has 1 saturated heterocycles. The smallest absolute Gasteiger partial charge is 0.245 e. The maximum Gasteiger partial charge on any atom is 0.245 e. The minimum absolute atomic E-state index is 0.0980. The van der Waals surface area contributed by atoms with Crippen molar-refractivity contribution >= 4 is 23.2 Å². The maximum absolute atomic E-state index is 12.8. The van der Waals surface area contributed by atoms with Gasteiger partial charge in [-0.2, -0.15) is 0 Å². The van der Waals surface area contributed by atoms with Crippen LogP contribution in [0.4, 0.5) is 0 Å². The number of hydrogen-bond donors (Lipinski definition) is 2. The van der Waals surface area contributed by atoms with Crippen LogP contribution in [0, 0.1) is 0 Å². The van der Waals surface area contributed by atoms with Crippen molar-refractivity contribution in [3.63, 3.8) is 0 Å². The molecule has 2 atom stereocenters. The summed E-state index contributed by atoms with van der Waals surface area (Å²) >= 11 is 1.67. The van der Waals surface area contributed by atoms with E-state index in [0.29, 0.717) is 32.6 Å². The van der Waals surface area contributed by atoms with Gasteiger partial charge in [-0.25, -0.2) is 0 Å². The summed E-state index contributed by atoms with van der Waals surface area (Å²) in [5.41, 5.74) is 0. The second-order valence-electron chi connectivity index (χ2n) is 5.69. The van der Waals surface area contributed by atoms with E-state index in [4.69, 9.17) is 5.11 Å². The monoisotopic (exact) mass is 339 g/mol. The zero-order chi connectivity index (χ0) is 16.8. The molecule has 1 aliphatic heterocycles. The van der Waals surface area contributed by atoms with Crippen molar-refractivity contribution in [2.24, 2.45) is 0 Å². The third-order valence-electron chi connectivity index (χ3n) is 4.21. The minimum atomic E-state index is -0.518. The molecule has 0 unspecified atom stereocenters. The van der Waals surface area contributed by atoms with Crippen molar-refractivity contribution in [2.75, 3.05) is 26.2 Å². The molecular weight excluding hydrogens is 314 g/mol. The Morgan fingerprint density at radius 2 is 2.17 bits per heavy atom. The molecule has 1 fully saturated rings. The van der Waals surface area contributed by atoms with E-state index in [0.717, 1.165) is 0 Å². The highest BCUT2D eigenvalue weighted by molar-refractivity contribution is 7.09. The van der Waals surface area contributed by atoms with E-state index >= 15 is 0 Å². The van der Waals surface area contributed by atoms with Crippen molar-refractivity contribution in [2.45, 2.75) is 38.9 Å². The number of likely N-dealkylation sites (N-methyl/N-ethyl adjacent to an activating group) is 1. The summed E-state index contributed by atoms with van der Waals surface area (Å²) in [6, 6.07) is 3.74. The Hall–Kier alpha value is -1.44. The molecule has 128 valence electrons. The molecule has 0 bridgehead atoms. The Kier molecular flexibility index (Phi) is 6.56. The van der Waals surface area contributed by atoms with Gasteiger partial charge in [-0.15, -0.1) is 11.3 Å². The average Bonchev–Trinajstić information content (AvgIpc) is 3.18. The van der Waals surface area contributed by atoms with E-state index in [-0.39, 0.29) is 23.9 Å². The van der Waals surface area contributed by atoms with E-state index < -0.39 is 6.61 Å². The van der Waals surface area contributed by atoms with Gasteiger partial charge in [-0.1, -0.05) is 6.07 Å². The molecular formula is C16H25N3O3S. The van der Waals surface area contributed by atoms with Crippen LogP contribution in [0.25, 0.3) is 0 Å². The first-order chi connectivity index (χ1) is 11.1. The van der Waals surface area contributed by atoms with E-state index in [2.05, 4.69) is 16.3 Å². The van der Waals surface area contributed by atoms with Crippen LogP contribution in [0.3, 0.4) is 0 Å². The van der Waals surface area contributed by atoms with Gasteiger partial charge in [-0.3, -0.25) is 14.5 Å². The number of aliphatic hydroxyl groups is 1. The fourth-order valence-electron chi connectivity index (χ4n) is 3.06. The summed E-state index contributed by atoms with van der Waals surface area (Å²) in [5.74, 6) is -0.269. The number of nitrogens with zero attached hydrogens (tertiary/aromatic N) is 2. The first-order valence-corrected chi connectivity index (χ1v) is 8.92. The van der Waals surface area contributed by atoms with Gasteiger partial charge in [0.15, 0.2) is 0 Å². The zero-order valence-electron chi connectivity index (χ0n) is 13.7. The molecule has 1 aromatic rings. The van der Waals surface area contributed by atoms with Crippen molar-refractivity contribution in [3.8, 4) is 0 Å². The molecule has 2 N–H and O–H groups in total. The molecule has 0 radical (unpaired) electrons. The van der Waals surface area contributed by atoms with Crippen LogP contribution in [0.1, 0.15) is 25.1 Å². The van der Waals surface area contributed by atoms with E-state index in [9.17, 15) is 9.59 Å². The molecule has 23 heavy (non-hydrogen) atoms. The molecule has 7 heteroatoms. The third-order valence-corrected chi connectivity index (χ3v) is 5.07. The van der Waals surface area contributed by atoms with Gasteiger partial charge in [0.25, 0.3) is 0 Å². The standard InChI is InChI=1S/C16H25N3O3S/c1-3-18(4-2)16(22)14-8-12(17-15(21)11-20)9-19(14)10-13-6-5-7-23-13/h5-7,12,14,20H,3-4,8-11H2,1-2H3,(H,17,21)/t12-,14+/m1/s1. The molecule has 1 aromatic heterocycles. The molecule has 0 saturated carbocycles. The number of likely N-dealkylation sites (tertiary alicyclic amines) is 1. The number of hydrogen-bond acceptors (Lipinski definition) is 5. The van der Waals surface area contributed by atoms with Crippen LogP contribution in [0.15, 0.2) is 17.5 Å². The molecule has 0 aromatic carbocycles. The summed E-state index contributed by atoms with van der Waals surface area (Å²) in [4.78, 5) is 29.4. The molecule has 0 aliphatic carbocycles. The Balaban J connectivity index is 2.10. The number of carbonyl (C=O) groups is 2. The summed E-state index contributed by atoms with van der Waals surface area (Å²) in [5, 5.41) is 13.7. The number of thiophene rings is 1. The van der Waals surface area contributed by atoms with Crippen molar-refractivity contribution in [1.82, 2.24) is 15.1 Å². The fraction of sp³-hybridized carbons (Fsp3) is 0.625. The molecule has 2 rings (SSSR count). The van der Waals surface area contributed by atoms with Crippen molar-refractivity contribution < 1.29 is 14.7 Å². The second kappa shape index (κ2) is 8.42. The quantitative estimate of drug-likeness (QED) is 0.766. The van der Waals surface area contributed by atoms with E-state index in [1.807, 2.05) is 30.2 Å². The Labute approximate surface area is 141 Å². The van der Waals surface area contributed by atoms with Crippen LogP contribution in [0.5, 0.6) is 0 Å². The van der Waals surface area contributed by atoms with Gasteiger partial charge in [0.2, 0.25) is 11.8 Å². The highest BCUT2D eigenvalue weighted by Crippen LogP contribution is 2.24. The van der Waals surface area contributed by atoms with Crippen molar-refractivity contribution in [3.05, 3.63) is 22.4 Å². The summed E-state index contributed by atoms with van der Waals surface area (Å²) in [7, 11) is 0. The Morgan fingerprint density at radius 1 is 1.43 bits per heavy atom. The van der Waals surface area contributed by atoms with Crippen LogP contribution < -0.4 is 5.32 Å². The van der Waals surface area contributed by atoms with Crippen LogP contribution in [-0.2, 0) is 16.1 Å². The van der Waals surface area contributed by atoms with Crippen LogP contribution in [0.2, 0.25) is 0 Å².